The molecule has 3 aromatic rings. The Balaban J connectivity index is 1.91. The van der Waals surface area contributed by atoms with Gasteiger partial charge in [-0.15, -0.1) is 5.10 Å². The van der Waals surface area contributed by atoms with Crippen molar-refractivity contribution in [1.82, 2.24) is 20.2 Å². The molecule has 2 aromatic carbocycles. The smallest absolute Gasteiger partial charge is 0.257 e. The summed E-state index contributed by atoms with van der Waals surface area (Å²) < 4.78 is 1.45. The number of benzene rings is 2. The van der Waals surface area contributed by atoms with E-state index in [2.05, 4.69) is 20.8 Å². The first-order chi connectivity index (χ1) is 10.2. The van der Waals surface area contributed by atoms with Crippen molar-refractivity contribution in [3.63, 3.8) is 0 Å². The van der Waals surface area contributed by atoms with Crippen molar-refractivity contribution < 1.29 is 4.79 Å². The van der Waals surface area contributed by atoms with E-state index in [9.17, 15) is 4.79 Å². The van der Waals surface area contributed by atoms with Crippen molar-refractivity contribution in [1.29, 1.82) is 0 Å². The van der Waals surface area contributed by atoms with Crippen LogP contribution in [0.1, 0.15) is 10.4 Å². The monoisotopic (exact) mass is 299 g/mol. The van der Waals surface area contributed by atoms with E-state index in [-0.39, 0.29) is 5.91 Å². The number of anilines is 1. The van der Waals surface area contributed by atoms with Gasteiger partial charge in [0.25, 0.3) is 5.91 Å². The number of halogens is 1. The third kappa shape index (κ3) is 2.90. The minimum atomic E-state index is -0.291. The Morgan fingerprint density at radius 2 is 1.95 bits per heavy atom. The molecule has 1 heterocycles. The molecule has 0 bridgehead atoms. The summed E-state index contributed by atoms with van der Waals surface area (Å²) in [5.74, 6) is -0.291. The third-order valence-corrected chi connectivity index (χ3v) is 3.17. The molecule has 104 valence electrons. The van der Waals surface area contributed by atoms with Crippen LogP contribution in [0.2, 0.25) is 5.02 Å². The van der Waals surface area contributed by atoms with Crippen LogP contribution in [0, 0.1) is 0 Å². The molecule has 6 nitrogen and oxygen atoms in total. The first-order valence-corrected chi connectivity index (χ1v) is 6.51. The maximum absolute atomic E-state index is 12.3. The van der Waals surface area contributed by atoms with E-state index in [0.29, 0.717) is 22.0 Å². The first kappa shape index (κ1) is 13.3. The van der Waals surface area contributed by atoms with Crippen LogP contribution in [0.5, 0.6) is 0 Å². The van der Waals surface area contributed by atoms with Crippen LogP contribution in [0.15, 0.2) is 54.9 Å². The molecular formula is C14H10ClN5O. The van der Waals surface area contributed by atoms with Gasteiger partial charge in [0.05, 0.1) is 16.3 Å². The lowest BCUT2D eigenvalue weighted by Crippen LogP contribution is -2.13. The Hall–Kier alpha value is -2.73. The van der Waals surface area contributed by atoms with E-state index in [1.165, 1.54) is 11.0 Å². The van der Waals surface area contributed by atoms with Crippen LogP contribution in [-0.4, -0.2) is 26.1 Å². The molecule has 0 radical (unpaired) electrons. The summed E-state index contributed by atoms with van der Waals surface area (Å²) in [6, 6.07) is 14.2. The second-order valence-electron chi connectivity index (χ2n) is 4.24. The summed E-state index contributed by atoms with van der Waals surface area (Å²) in [5.41, 5.74) is 1.71. The number of tetrazole rings is 1. The van der Waals surface area contributed by atoms with E-state index >= 15 is 0 Å². The number of nitrogens with one attached hydrogen (secondary N) is 1. The average molecular weight is 300 g/mol. The van der Waals surface area contributed by atoms with Gasteiger partial charge in [-0.1, -0.05) is 29.8 Å². The second-order valence-corrected chi connectivity index (χ2v) is 4.65. The van der Waals surface area contributed by atoms with Gasteiger partial charge in [-0.05, 0) is 40.8 Å². The molecule has 0 saturated carbocycles. The number of carbonyl (C=O) groups excluding carboxylic acids is 1. The lowest BCUT2D eigenvalue weighted by molar-refractivity contribution is 0.102. The molecule has 0 spiro atoms. The number of para-hydroxylation sites is 1. The fourth-order valence-electron chi connectivity index (χ4n) is 1.83. The summed E-state index contributed by atoms with van der Waals surface area (Å²) in [7, 11) is 0. The van der Waals surface area contributed by atoms with Gasteiger partial charge >= 0.3 is 0 Å². The number of carbonyl (C=O) groups is 1. The molecule has 21 heavy (non-hydrogen) atoms. The number of rotatable bonds is 3. The molecule has 0 fully saturated rings. The largest absolute Gasteiger partial charge is 0.322 e. The van der Waals surface area contributed by atoms with E-state index < -0.39 is 0 Å². The highest BCUT2D eigenvalue weighted by atomic mass is 35.5. The van der Waals surface area contributed by atoms with E-state index in [1.807, 2.05) is 18.2 Å². The summed E-state index contributed by atoms with van der Waals surface area (Å²) in [5, 5.41) is 14.1. The summed E-state index contributed by atoms with van der Waals surface area (Å²) in [6.45, 7) is 0. The molecule has 0 aliphatic carbocycles. The maximum Gasteiger partial charge on any atom is 0.257 e. The molecule has 3 rings (SSSR count). The maximum atomic E-state index is 12.3. The molecule has 0 unspecified atom stereocenters. The predicted octanol–water partition coefficient (Wildman–Crippen LogP) is 2.57. The molecule has 0 atom stereocenters. The van der Waals surface area contributed by atoms with Crippen LogP contribution < -0.4 is 5.32 Å². The standard InChI is InChI=1S/C14H10ClN5O/c15-13-7-6-11(20-9-16-18-19-20)8-12(13)14(21)17-10-4-2-1-3-5-10/h1-9H,(H,17,21). The van der Waals surface area contributed by atoms with Crippen LogP contribution >= 0.6 is 11.6 Å². The van der Waals surface area contributed by atoms with E-state index in [4.69, 9.17) is 11.6 Å². The molecule has 1 aromatic heterocycles. The Kier molecular flexibility index (Phi) is 3.61. The molecule has 1 N–H and O–H groups in total. The van der Waals surface area contributed by atoms with Gasteiger partial charge in [0.1, 0.15) is 6.33 Å². The predicted molar refractivity (Wildman–Crippen MR) is 78.6 cm³/mol. The van der Waals surface area contributed by atoms with Gasteiger partial charge in [-0.3, -0.25) is 4.79 Å². The lowest BCUT2D eigenvalue weighted by Gasteiger charge is -2.08. The zero-order chi connectivity index (χ0) is 14.7. The quantitative estimate of drug-likeness (QED) is 0.806. The number of aromatic nitrogens is 4. The van der Waals surface area contributed by atoms with Crippen molar-refractivity contribution in [2.24, 2.45) is 0 Å². The van der Waals surface area contributed by atoms with Crippen LogP contribution in [0.4, 0.5) is 5.69 Å². The van der Waals surface area contributed by atoms with Crippen LogP contribution in [0.25, 0.3) is 5.69 Å². The van der Waals surface area contributed by atoms with Crippen molar-refractivity contribution in [2.75, 3.05) is 5.32 Å². The number of amides is 1. The first-order valence-electron chi connectivity index (χ1n) is 6.13. The Bertz CT molecular complexity index is 758. The highest BCUT2D eigenvalue weighted by Gasteiger charge is 2.12. The van der Waals surface area contributed by atoms with Gasteiger partial charge in [0.2, 0.25) is 0 Å². The molecular weight excluding hydrogens is 290 g/mol. The zero-order valence-corrected chi connectivity index (χ0v) is 11.5. The van der Waals surface area contributed by atoms with Crippen molar-refractivity contribution in [3.8, 4) is 5.69 Å². The van der Waals surface area contributed by atoms with Crippen molar-refractivity contribution in [2.45, 2.75) is 0 Å². The lowest BCUT2D eigenvalue weighted by atomic mass is 10.1. The summed E-state index contributed by atoms with van der Waals surface area (Å²) in [6.07, 6.45) is 1.45. The Morgan fingerprint density at radius 3 is 2.67 bits per heavy atom. The van der Waals surface area contributed by atoms with Gasteiger partial charge in [-0.2, -0.15) is 0 Å². The van der Waals surface area contributed by atoms with Gasteiger partial charge in [-0.25, -0.2) is 4.68 Å². The molecule has 0 aliphatic heterocycles. The summed E-state index contributed by atoms with van der Waals surface area (Å²) in [4.78, 5) is 12.3. The van der Waals surface area contributed by atoms with Crippen LogP contribution in [0.3, 0.4) is 0 Å². The molecule has 7 heteroatoms. The fraction of sp³-hybridized carbons (Fsp3) is 0. The van der Waals surface area contributed by atoms with Crippen molar-refractivity contribution >= 4 is 23.2 Å². The number of hydrogen-bond acceptors (Lipinski definition) is 4. The number of hydrogen-bond donors (Lipinski definition) is 1. The third-order valence-electron chi connectivity index (χ3n) is 2.84. The SMILES string of the molecule is O=C(Nc1ccccc1)c1cc(-n2cnnn2)ccc1Cl. The van der Waals surface area contributed by atoms with Crippen molar-refractivity contribution in [3.05, 3.63) is 65.4 Å². The topological polar surface area (TPSA) is 72.7 Å². The Labute approximate surface area is 125 Å². The zero-order valence-electron chi connectivity index (χ0n) is 10.8. The Morgan fingerprint density at radius 1 is 1.14 bits per heavy atom. The normalized spacial score (nSPS) is 10.3. The van der Waals surface area contributed by atoms with Gasteiger partial charge < -0.3 is 5.32 Å². The van der Waals surface area contributed by atoms with E-state index in [0.717, 1.165) is 0 Å². The fourth-order valence-corrected chi connectivity index (χ4v) is 2.03. The second kappa shape index (κ2) is 5.72. The highest BCUT2D eigenvalue weighted by Crippen LogP contribution is 2.20. The van der Waals surface area contributed by atoms with Gasteiger partial charge in [0, 0.05) is 5.69 Å². The summed E-state index contributed by atoms with van der Waals surface area (Å²) >= 11 is 6.10. The van der Waals surface area contributed by atoms with Gasteiger partial charge in [0.15, 0.2) is 0 Å². The van der Waals surface area contributed by atoms with Crippen LogP contribution in [-0.2, 0) is 0 Å². The minimum absolute atomic E-state index is 0.291. The average Bonchev–Trinajstić information content (AvgIpc) is 3.03. The molecule has 1 amide bonds. The van der Waals surface area contributed by atoms with E-state index in [1.54, 1.807) is 30.3 Å². The minimum Gasteiger partial charge on any atom is -0.322 e. The molecule has 0 saturated heterocycles. The molecule has 0 aliphatic rings. The highest BCUT2D eigenvalue weighted by molar-refractivity contribution is 6.34. The number of nitrogens with zero attached hydrogens (tertiary/aromatic N) is 4.